The van der Waals surface area contributed by atoms with Crippen LogP contribution in [-0.4, -0.2) is 49.1 Å². The lowest BCUT2D eigenvalue weighted by molar-refractivity contribution is -0.144. The van der Waals surface area contributed by atoms with Crippen LogP contribution in [0, 0.1) is 5.92 Å². The van der Waals surface area contributed by atoms with E-state index in [1.165, 1.54) is 7.11 Å². The molecule has 1 saturated carbocycles. The number of nitrogens with zero attached hydrogens (tertiary/aromatic N) is 1. The molecule has 0 aromatic rings. The molecule has 1 amide bonds. The molecule has 0 saturated heterocycles. The summed E-state index contributed by atoms with van der Waals surface area (Å²) in [6, 6.07) is -0.695. The number of carbonyl (C=O) groups is 2. The van der Waals surface area contributed by atoms with Gasteiger partial charge >= 0.3 is 5.97 Å². The molecule has 18 heavy (non-hydrogen) atoms. The Labute approximate surface area is 109 Å². The Kier molecular flexibility index (Phi) is 5.59. The van der Waals surface area contributed by atoms with Crippen molar-refractivity contribution in [2.75, 3.05) is 20.2 Å². The van der Waals surface area contributed by atoms with Crippen LogP contribution < -0.4 is 5.32 Å². The molecule has 2 unspecified atom stereocenters. The Morgan fingerprint density at radius 2 is 1.89 bits per heavy atom. The van der Waals surface area contributed by atoms with E-state index in [1.54, 1.807) is 11.8 Å². The predicted octanol–water partition coefficient (Wildman–Crippen LogP) is 0.784. The van der Waals surface area contributed by atoms with E-state index in [1.807, 2.05) is 13.8 Å². The summed E-state index contributed by atoms with van der Waals surface area (Å²) in [6.45, 7) is 7.08. The van der Waals surface area contributed by atoms with Gasteiger partial charge in [-0.1, -0.05) is 0 Å². The molecule has 0 aromatic heterocycles. The van der Waals surface area contributed by atoms with Crippen molar-refractivity contribution in [2.24, 2.45) is 5.92 Å². The monoisotopic (exact) mass is 256 g/mol. The smallest absolute Gasteiger partial charge is 0.323 e. The van der Waals surface area contributed by atoms with E-state index in [9.17, 15) is 9.59 Å². The van der Waals surface area contributed by atoms with E-state index in [0.717, 1.165) is 12.8 Å². The molecular weight excluding hydrogens is 232 g/mol. The number of methoxy groups -OCH3 is 1. The molecule has 0 heterocycles. The number of rotatable bonds is 7. The van der Waals surface area contributed by atoms with Crippen molar-refractivity contribution in [1.82, 2.24) is 10.2 Å². The zero-order valence-corrected chi connectivity index (χ0v) is 11.7. The average Bonchev–Trinajstić information content (AvgIpc) is 3.20. The number of likely N-dealkylation sites (N-methyl/N-ethyl adjacent to an activating group) is 1. The molecule has 0 spiro atoms. The SMILES string of the molecule is CCN(CC)C(=O)C(C)NC(C(=O)OC)C1CC1. The Hall–Kier alpha value is -1.10. The summed E-state index contributed by atoms with van der Waals surface area (Å²) >= 11 is 0. The van der Waals surface area contributed by atoms with Gasteiger partial charge in [0, 0.05) is 13.1 Å². The van der Waals surface area contributed by atoms with Gasteiger partial charge in [0.1, 0.15) is 6.04 Å². The molecular formula is C13H24N2O3. The predicted molar refractivity (Wildman–Crippen MR) is 69.1 cm³/mol. The molecule has 0 radical (unpaired) electrons. The van der Waals surface area contributed by atoms with Gasteiger partial charge in [0.15, 0.2) is 0 Å². The van der Waals surface area contributed by atoms with Gasteiger partial charge < -0.3 is 9.64 Å². The summed E-state index contributed by atoms with van der Waals surface area (Å²) < 4.78 is 4.78. The number of hydrogen-bond donors (Lipinski definition) is 1. The summed E-state index contributed by atoms with van der Waals surface area (Å²) in [5, 5.41) is 3.11. The third kappa shape index (κ3) is 3.70. The third-order valence-corrected chi connectivity index (χ3v) is 3.42. The van der Waals surface area contributed by atoms with Gasteiger partial charge in [-0.25, -0.2) is 0 Å². The van der Waals surface area contributed by atoms with Crippen molar-refractivity contribution in [1.29, 1.82) is 0 Å². The fourth-order valence-corrected chi connectivity index (χ4v) is 2.10. The summed E-state index contributed by atoms with van der Waals surface area (Å²) in [4.78, 5) is 25.5. The lowest BCUT2D eigenvalue weighted by Gasteiger charge is -2.26. The third-order valence-electron chi connectivity index (χ3n) is 3.42. The standard InChI is InChI=1S/C13H24N2O3/c1-5-15(6-2)12(16)9(3)14-11(10-7-8-10)13(17)18-4/h9-11,14H,5-8H2,1-4H3. The van der Waals surface area contributed by atoms with Crippen molar-refractivity contribution in [3.63, 3.8) is 0 Å². The number of amides is 1. The number of ether oxygens (including phenoxy) is 1. The molecule has 5 heteroatoms. The van der Waals surface area contributed by atoms with E-state index in [-0.39, 0.29) is 24.0 Å². The Morgan fingerprint density at radius 1 is 1.33 bits per heavy atom. The van der Waals surface area contributed by atoms with Crippen molar-refractivity contribution in [3.05, 3.63) is 0 Å². The molecule has 1 rings (SSSR count). The fraction of sp³-hybridized carbons (Fsp3) is 0.846. The summed E-state index contributed by atoms with van der Waals surface area (Å²) in [5.74, 6) is 0.0932. The van der Waals surface area contributed by atoms with Crippen LogP contribution in [0.4, 0.5) is 0 Å². The van der Waals surface area contributed by atoms with Gasteiger partial charge in [-0.05, 0) is 39.5 Å². The minimum atomic E-state index is -0.352. The Bertz CT molecular complexity index is 299. The Morgan fingerprint density at radius 3 is 2.28 bits per heavy atom. The van der Waals surface area contributed by atoms with Crippen molar-refractivity contribution in [3.8, 4) is 0 Å². The summed E-state index contributed by atoms with van der Waals surface area (Å²) in [6.07, 6.45) is 2.05. The second kappa shape index (κ2) is 6.73. The first-order chi connectivity index (χ1) is 8.54. The number of carbonyl (C=O) groups excluding carboxylic acids is 2. The van der Waals surface area contributed by atoms with Gasteiger partial charge in [0.05, 0.1) is 13.2 Å². The maximum Gasteiger partial charge on any atom is 0.323 e. The second-order valence-electron chi connectivity index (χ2n) is 4.74. The highest BCUT2D eigenvalue weighted by Crippen LogP contribution is 2.33. The first-order valence-electron chi connectivity index (χ1n) is 6.67. The highest BCUT2D eigenvalue weighted by molar-refractivity contribution is 5.83. The van der Waals surface area contributed by atoms with Crippen LogP contribution in [0.15, 0.2) is 0 Å². The normalized spacial score (nSPS) is 18.0. The van der Waals surface area contributed by atoms with Crippen molar-refractivity contribution < 1.29 is 14.3 Å². The lowest BCUT2D eigenvalue weighted by atomic mass is 10.1. The zero-order chi connectivity index (χ0) is 13.7. The first kappa shape index (κ1) is 15.0. The van der Waals surface area contributed by atoms with E-state index in [2.05, 4.69) is 5.32 Å². The Balaban J connectivity index is 2.57. The molecule has 0 aliphatic heterocycles. The van der Waals surface area contributed by atoms with Gasteiger partial charge in [-0.3, -0.25) is 14.9 Å². The van der Waals surface area contributed by atoms with Crippen LogP contribution in [0.5, 0.6) is 0 Å². The van der Waals surface area contributed by atoms with Crippen molar-refractivity contribution >= 4 is 11.9 Å². The summed E-state index contributed by atoms with van der Waals surface area (Å²) in [5.41, 5.74) is 0. The molecule has 0 bridgehead atoms. The van der Waals surface area contributed by atoms with Gasteiger partial charge in [0.2, 0.25) is 5.91 Å². The first-order valence-corrected chi connectivity index (χ1v) is 6.67. The topological polar surface area (TPSA) is 58.6 Å². The molecule has 1 aliphatic rings. The summed E-state index contributed by atoms with van der Waals surface area (Å²) in [7, 11) is 1.39. The highest BCUT2D eigenvalue weighted by Gasteiger charge is 2.38. The molecule has 5 nitrogen and oxygen atoms in total. The van der Waals surface area contributed by atoms with E-state index >= 15 is 0 Å². The maximum absolute atomic E-state index is 12.1. The minimum absolute atomic E-state index is 0.0366. The largest absolute Gasteiger partial charge is 0.468 e. The lowest BCUT2D eigenvalue weighted by Crippen LogP contribution is -2.51. The zero-order valence-electron chi connectivity index (χ0n) is 11.7. The fourth-order valence-electron chi connectivity index (χ4n) is 2.10. The van der Waals surface area contributed by atoms with Crippen LogP contribution in [-0.2, 0) is 14.3 Å². The van der Waals surface area contributed by atoms with Crippen LogP contribution in [0.2, 0.25) is 0 Å². The molecule has 1 fully saturated rings. The van der Waals surface area contributed by atoms with Crippen LogP contribution in [0.3, 0.4) is 0 Å². The molecule has 1 N–H and O–H groups in total. The minimum Gasteiger partial charge on any atom is -0.468 e. The van der Waals surface area contributed by atoms with Gasteiger partial charge in [-0.2, -0.15) is 0 Å². The number of nitrogens with one attached hydrogen (secondary N) is 1. The van der Waals surface area contributed by atoms with Crippen LogP contribution in [0.1, 0.15) is 33.6 Å². The van der Waals surface area contributed by atoms with Crippen molar-refractivity contribution in [2.45, 2.75) is 45.7 Å². The highest BCUT2D eigenvalue weighted by atomic mass is 16.5. The maximum atomic E-state index is 12.1. The van der Waals surface area contributed by atoms with E-state index in [0.29, 0.717) is 19.0 Å². The van der Waals surface area contributed by atoms with E-state index in [4.69, 9.17) is 4.74 Å². The van der Waals surface area contributed by atoms with Crippen LogP contribution in [0.25, 0.3) is 0 Å². The molecule has 1 aliphatic carbocycles. The molecule has 104 valence electrons. The molecule has 2 atom stereocenters. The second-order valence-corrected chi connectivity index (χ2v) is 4.74. The van der Waals surface area contributed by atoms with Crippen LogP contribution >= 0.6 is 0 Å². The molecule has 0 aromatic carbocycles. The quantitative estimate of drug-likeness (QED) is 0.684. The average molecular weight is 256 g/mol. The van der Waals surface area contributed by atoms with E-state index < -0.39 is 0 Å². The van der Waals surface area contributed by atoms with Gasteiger partial charge in [0.25, 0.3) is 0 Å². The van der Waals surface area contributed by atoms with Gasteiger partial charge in [-0.15, -0.1) is 0 Å². The number of hydrogen-bond acceptors (Lipinski definition) is 4. The number of esters is 1.